The van der Waals surface area contributed by atoms with E-state index in [4.69, 9.17) is 0 Å². The minimum absolute atomic E-state index is 0.267. The molecule has 0 aromatic heterocycles. The fourth-order valence-corrected chi connectivity index (χ4v) is 1.16. The van der Waals surface area contributed by atoms with E-state index in [0.29, 0.717) is 6.42 Å². The summed E-state index contributed by atoms with van der Waals surface area (Å²) in [6.07, 6.45) is 7.24. The summed E-state index contributed by atoms with van der Waals surface area (Å²) in [6.45, 7) is 5.20. The fourth-order valence-electron chi connectivity index (χ4n) is 0.899. The van der Waals surface area contributed by atoms with Crippen LogP contribution in [0.25, 0.3) is 0 Å². The monoisotopic (exact) mass is 184 g/mol. The Bertz CT molecular complexity index is 182. The van der Waals surface area contributed by atoms with Crippen LogP contribution < -0.4 is 0 Å². The molecule has 0 N–H and O–H groups in total. The van der Waals surface area contributed by atoms with E-state index < -0.39 is 0 Å². The lowest BCUT2D eigenvalue weighted by molar-refractivity contribution is -0.117. The molecule has 0 atom stereocenters. The molecule has 0 amide bonds. The smallest absolute Gasteiger partial charge is 0.129 e. The first-order chi connectivity index (χ1) is 5.66. The molecule has 0 saturated carbocycles. The van der Waals surface area contributed by atoms with Gasteiger partial charge in [-0.2, -0.15) is 0 Å². The van der Waals surface area contributed by atoms with Gasteiger partial charge in [-0.3, -0.25) is 0 Å². The summed E-state index contributed by atoms with van der Waals surface area (Å²) in [5, 5.41) is 0. The third-order valence-corrected chi connectivity index (χ3v) is 1.89. The van der Waals surface area contributed by atoms with Crippen molar-refractivity contribution in [2.24, 2.45) is 0 Å². The second kappa shape index (κ2) is 7.17. The summed E-state index contributed by atoms with van der Waals surface area (Å²) in [4.78, 5) is 11.6. The highest BCUT2D eigenvalue weighted by atomic mass is 32.1. The Balaban J connectivity index is 3.37. The Hall–Kier alpha value is -0.500. The molecule has 0 aliphatic heterocycles. The van der Waals surface area contributed by atoms with E-state index in [-0.39, 0.29) is 5.78 Å². The maximum absolute atomic E-state index is 10.6. The predicted molar refractivity (Wildman–Crippen MR) is 56.4 cm³/mol. The highest BCUT2D eigenvalue weighted by Gasteiger charge is 1.94. The van der Waals surface area contributed by atoms with Crippen molar-refractivity contribution in [2.45, 2.75) is 32.6 Å². The number of unbranched alkanes of at least 4 members (excludes halogenated alkanes) is 1. The summed E-state index contributed by atoms with van der Waals surface area (Å²) in [5.74, 6) is 0.267. The minimum atomic E-state index is 0.267. The molecule has 0 aromatic rings. The molecule has 0 bridgehead atoms. The predicted octanol–water partition coefficient (Wildman–Crippen LogP) is 3.14. The van der Waals surface area contributed by atoms with Crippen molar-refractivity contribution in [2.75, 3.05) is 0 Å². The highest BCUT2D eigenvalue weighted by Crippen LogP contribution is 2.12. The van der Waals surface area contributed by atoms with Gasteiger partial charge in [0.25, 0.3) is 0 Å². The summed E-state index contributed by atoms with van der Waals surface area (Å²) in [5.41, 5.74) is 0. The third kappa shape index (κ3) is 7.61. The topological polar surface area (TPSA) is 17.1 Å². The molecule has 0 aliphatic carbocycles. The molecule has 0 radical (unpaired) electrons. The van der Waals surface area contributed by atoms with Crippen LogP contribution in [0, 0.1) is 0 Å². The summed E-state index contributed by atoms with van der Waals surface area (Å²) < 4.78 is 0. The largest absolute Gasteiger partial charge is 0.300 e. The molecule has 0 aliphatic rings. The molecule has 12 heavy (non-hydrogen) atoms. The van der Waals surface area contributed by atoms with Crippen LogP contribution in [0.5, 0.6) is 0 Å². The summed E-state index contributed by atoms with van der Waals surface area (Å²) in [7, 11) is 0. The summed E-state index contributed by atoms with van der Waals surface area (Å²) in [6, 6.07) is 0. The van der Waals surface area contributed by atoms with Crippen molar-refractivity contribution in [1.29, 1.82) is 0 Å². The average Bonchev–Trinajstić information content (AvgIpc) is 1.98. The number of ketones is 1. The van der Waals surface area contributed by atoms with Gasteiger partial charge in [-0.15, -0.1) is 12.6 Å². The van der Waals surface area contributed by atoms with Gasteiger partial charge in [-0.1, -0.05) is 18.7 Å². The lowest BCUT2D eigenvalue weighted by atomic mass is 10.1. The summed E-state index contributed by atoms with van der Waals surface area (Å²) >= 11 is 4.24. The van der Waals surface area contributed by atoms with Crippen molar-refractivity contribution in [3.63, 3.8) is 0 Å². The zero-order valence-corrected chi connectivity index (χ0v) is 8.44. The second-order valence-corrected chi connectivity index (χ2v) is 3.38. The number of hydrogen-bond acceptors (Lipinski definition) is 2. The van der Waals surface area contributed by atoms with E-state index >= 15 is 0 Å². The average molecular weight is 184 g/mol. The standard InChI is InChI=1S/C10H16OS/c1-3-6-10(12)8-5-4-7-9(2)11/h3,6,12H,1,4-5,7-8H2,2H3/b10-6-. The van der Waals surface area contributed by atoms with Gasteiger partial charge in [0.2, 0.25) is 0 Å². The van der Waals surface area contributed by atoms with Crippen LogP contribution in [0.1, 0.15) is 32.6 Å². The van der Waals surface area contributed by atoms with Crippen molar-refractivity contribution in [3.8, 4) is 0 Å². The molecule has 0 aromatic carbocycles. The molecule has 0 spiro atoms. The second-order valence-electron chi connectivity index (χ2n) is 2.80. The number of Topliss-reactive ketones (excluding diaryl/α,β-unsaturated/α-hetero) is 1. The van der Waals surface area contributed by atoms with Gasteiger partial charge < -0.3 is 4.79 Å². The van der Waals surface area contributed by atoms with E-state index in [1.807, 2.05) is 6.08 Å². The maximum atomic E-state index is 10.6. The van der Waals surface area contributed by atoms with Gasteiger partial charge in [0.1, 0.15) is 5.78 Å². The van der Waals surface area contributed by atoms with Crippen LogP contribution in [0.2, 0.25) is 0 Å². The quantitative estimate of drug-likeness (QED) is 0.381. The van der Waals surface area contributed by atoms with Gasteiger partial charge >= 0.3 is 0 Å². The van der Waals surface area contributed by atoms with Crippen molar-refractivity contribution in [3.05, 3.63) is 23.6 Å². The van der Waals surface area contributed by atoms with E-state index in [1.54, 1.807) is 13.0 Å². The Kier molecular flexibility index (Phi) is 6.87. The number of rotatable bonds is 6. The zero-order valence-electron chi connectivity index (χ0n) is 7.55. The molecule has 0 heterocycles. The molecular weight excluding hydrogens is 168 g/mol. The highest BCUT2D eigenvalue weighted by molar-refractivity contribution is 7.84. The molecule has 1 nitrogen and oxygen atoms in total. The van der Waals surface area contributed by atoms with Crippen LogP contribution in [0.3, 0.4) is 0 Å². The molecule has 0 rings (SSSR count). The van der Waals surface area contributed by atoms with Crippen LogP contribution in [0.4, 0.5) is 0 Å². The van der Waals surface area contributed by atoms with Crippen LogP contribution >= 0.6 is 12.6 Å². The lowest BCUT2D eigenvalue weighted by Gasteiger charge is -1.97. The lowest BCUT2D eigenvalue weighted by Crippen LogP contribution is -1.88. The normalized spacial score (nSPS) is 11.3. The van der Waals surface area contributed by atoms with Gasteiger partial charge in [0.05, 0.1) is 0 Å². The molecule has 2 heteroatoms. The zero-order chi connectivity index (χ0) is 9.40. The molecular formula is C10H16OS. The van der Waals surface area contributed by atoms with Gasteiger partial charge in [-0.05, 0) is 31.1 Å². The van der Waals surface area contributed by atoms with E-state index in [0.717, 1.165) is 24.2 Å². The van der Waals surface area contributed by atoms with E-state index in [2.05, 4.69) is 19.2 Å². The molecule has 0 fully saturated rings. The first kappa shape index (κ1) is 11.5. The number of allylic oxidation sites excluding steroid dienone is 3. The minimum Gasteiger partial charge on any atom is -0.300 e. The fraction of sp³-hybridized carbons (Fsp3) is 0.500. The SMILES string of the molecule is C=C/C=C(\S)CCCCC(C)=O. The Morgan fingerprint density at radius 3 is 2.50 bits per heavy atom. The van der Waals surface area contributed by atoms with Gasteiger partial charge in [0, 0.05) is 6.42 Å². The number of carbonyl (C=O) groups is 1. The Morgan fingerprint density at radius 1 is 1.42 bits per heavy atom. The first-order valence-corrected chi connectivity index (χ1v) is 4.61. The van der Waals surface area contributed by atoms with Gasteiger partial charge in [-0.25, -0.2) is 0 Å². The first-order valence-electron chi connectivity index (χ1n) is 4.17. The van der Waals surface area contributed by atoms with E-state index in [1.165, 1.54) is 0 Å². The third-order valence-electron chi connectivity index (χ3n) is 1.52. The van der Waals surface area contributed by atoms with Crippen molar-refractivity contribution < 1.29 is 4.79 Å². The molecule has 0 unspecified atom stereocenters. The van der Waals surface area contributed by atoms with Crippen molar-refractivity contribution in [1.82, 2.24) is 0 Å². The van der Waals surface area contributed by atoms with Crippen LogP contribution in [-0.4, -0.2) is 5.78 Å². The van der Waals surface area contributed by atoms with Crippen LogP contribution in [-0.2, 0) is 4.79 Å². The number of hydrogen-bond donors (Lipinski definition) is 1. The number of thiol groups is 1. The van der Waals surface area contributed by atoms with Crippen LogP contribution in [0.15, 0.2) is 23.6 Å². The Morgan fingerprint density at radius 2 is 2.00 bits per heavy atom. The molecule has 68 valence electrons. The Labute approximate surface area is 80.0 Å². The van der Waals surface area contributed by atoms with Gasteiger partial charge in [0.15, 0.2) is 0 Å². The molecule has 0 saturated heterocycles. The van der Waals surface area contributed by atoms with E-state index in [9.17, 15) is 4.79 Å². The number of carbonyl (C=O) groups excluding carboxylic acids is 1. The van der Waals surface area contributed by atoms with Crippen molar-refractivity contribution >= 4 is 18.4 Å². The maximum Gasteiger partial charge on any atom is 0.129 e.